The van der Waals surface area contributed by atoms with E-state index in [1.54, 1.807) is 12.1 Å². The van der Waals surface area contributed by atoms with Crippen molar-refractivity contribution in [1.29, 1.82) is 0 Å². The summed E-state index contributed by atoms with van der Waals surface area (Å²) in [6.45, 7) is -0.585. The average Bonchev–Trinajstić information content (AvgIpc) is 2.16. The predicted molar refractivity (Wildman–Crippen MR) is 53.6 cm³/mol. The third-order valence-electron chi connectivity index (χ3n) is 1.76. The smallest absolute Gasteiger partial charge is 0.124 e. The Bertz CT molecular complexity index is 293. The van der Waals surface area contributed by atoms with Crippen LogP contribution in [0.1, 0.15) is 11.6 Å². The first-order chi connectivity index (χ1) is 6.19. The Morgan fingerprint density at radius 1 is 1.62 bits per heavy atom. The molecule has 2 N–H and O–H groups in total. The quantitative estimate of drug-likeness (QED) is 0.891. The number of ether oxygens (including phenoxy) is 1. The summed E-state index contributed by atoms with van der Waals surface area (Å²) in [6.07, 6.45) is 0. The number of halogens is 2. The van der Waals surface area contributed by atoms with Crippen LogP contribution in [-0.4, -0.2) is 13.8 Å². The minimum Gasteiger partial charge on any atom is -0.496 e. The van der Waals surface area contributed by atoms with E-state index in [-0.39, 0.29) is 0 Å². The van der Waals surface area contributed by atoms with Gasteiger partial charge in [-0.2, -0.15) is 0 Å². The SMILES string of the molecule is COc1cc(Br)ccc1[C@H](N)CF. The molecule has 0 aromatic heterocycles. The summed E-state index contributed by atoms with van der Waals surface area (Å²) in [5, 5.41) is 0. The van der Waals surface area contributed by atoms with Crippen molar-refractivity contribution >= 4 is 15.9 Å². The minimum atomic E-state index is -0.608. The van der Waals surface area contributed by atoms with Gasteiger partial charge in [0.25, 0.3) is 0 Å². The largest absolute Gasteiger partial charge is 0.496 e. The molecule has 1 rings (SSSR count). The molecule has 4 heteroatoms. The molecule has 0 radical (unpaired) electrons. The zero-order valence-electron chi connectivity index (χ0n) is 7.26. The fourth-order valence-corrected chi connectivity index (χ4v) is 1.41. The second-order valence-corrected chi connectivity index (χ2v) is 3.56. The van der Waals surface area contributed by atoms with Crippen LogP contribution >= 0.6 is 15.9 Å². The van der Waals surface area contributed by atoms with Crippen molar-refractivity contribution in [2.45, 2.75) is 6.04 Å². The van der Waals surface area contributed by atoms with Crippen LogP contribution in [0.3, 0.4) is 0 Å². The highest BCUT2D eigenvalue weighted by Gasteiger charge is 2.11. The molecular formula is C9H11BrFNO. The molecule has 13 heavy (non-hydrogen) atoms. The summed E-state index contributed by atoms with van der Waals surface area (Å²) in [7, 11) is 1.54. The lowest BCUT2D eigenvalue weighted by atomic mass is 10.1. The highest BCUT2D eigenvalue weighted by atomic mass is 79.9. The van der Waals surface area contributed by atoms with Gasteiger partial charge >= 0.3 is 0 Å². The molecule has 0 saturated heterocycles. The third kappa shape index (κ3) is 2.42. The molecule has 0 aliphatic heterocycles. The van der Waals surface area contributed by atoms with Gasteiger partial charge in [0.2, 0.25) is 0 Å². The summed E-state index contributed by atoms with van der Waals surface area (Å²) in [6, 6.07) is 4.73. The van der Waals surface area contributed by atoms with E-state index in [9.17, 15) is 4.39 Å². The van der Waals surface area contributed by atoms with Crippen LogP contribution in [0.2, 0.25) is 0 Å². The van der Waals surface area contributed by atoms with Crippen LogP contribution < -0.4 is 10.5 Å². The maximum atomic E-state index is 12.3. The van der Waals surface area contributed by atoms with Gasteiger partial charge in [-0.25, -0.2) is 4.39 Å². The second-order valence-electron chi connectivity index (χ2n) is 2.65. The summed E-state index contributed by atoms with van der Waals surface area (Å²) >= 11 is 3.29. The molecule has 0 fully saturated rings. The Balaban J connectivity index is 3.05. The van der Waals surface area contributed by atoms with Crippen LogP contribution in [-0.2, 0) is 0 Å². The van der Waals surface area contributed by atoms with Gasteiger partial charge in [-0.3, -0.25) is 0 Å². The zero-order valence-corrected chi connectivity index (χ0v) is 8.84. The van der Waals surface area contributed by atoms with Gasteiger partial charge in [-0.1, -0.05) is 22.0 Å². The number of nitrogens with two attached hydrogens (primary N) is 1. The maximum absolute atomic E-state index is 12.3. The van der Waals surface area contributed by atoms with E-state index < -0.39 is 12.7 Å². The van der Waals surface area contributed by atoms with Crippen molar-refractivity contribution in [3.8, 4) is 5.75 Å². The lowest BCUT2D eigenvalue weighted by Crippen LogP contribution is -2.13. The monoisotopic (exact) mass is 247 g/mol. The summed E-state index contributed by atoms with van der Waals surface area (Å²) in [5.74, 6) is 0.611. The molecule has 2 nitrogen and oxygen atoms in total. The molecular weight excluding hydrogens is 237 g/mol. The van der Waals surface area contributed by atoms with E-state index in [0.29, 0.717) is 11.3 Å². The van der Waals surface area contributed by atoms with Crippen molar-refractivity contribution < 1.29 is 9.13 Å². The van der Waals surface area contributed by atoms with E-state index in [0.717, 1.165) is 4.47 Å². The van der Waals surface area contributed by atoms with Gasteiger partial charge in [-0.15, -0.1) is 0 Å². The molecule has 0 spiro atoms. The molecule has 0 amide bonds. The average molecular weight is 248 g/mol. The number of methoxy groups -OCH3 is 1. The Morgan fingerprint density at radius 2 is 2.31 bits per heavy atom. The molecule has 1 aromatic carbocycles. The fourth-order valence-electron chi connectivity index (χ4n) is 1.07. The standard InChI is InChI=1S/C9H11BrFNO/c1-13-9-4-6(10)2-3-7(9)8(12)5-11/h2-4,8H,5,12H2,1H3/t8-/m1/s1. The molecule has 1 aromatic rings. The fraction of sp³-hybridized carbons (Fsp3) is 0.333. The Morgan fingerprint density at radius 3 is 2.85 bits per heavy atom. The Kier molecular flexibility index (Phi) is 3.69. The van der Waals surface area contributed by atoms with Crippen LogP contribution in [0.15, 0.2) is 22.7 Å². The molecule has 0 bridgehead atoms. The predicted octanol–water partition coefficient (Wildman–Crippen LogP) is 2.43. The van der Waals surface area contributed by atoms with E-state index in [4.69, 9.17) is 10.5 Å². The maximum Gasteiger partial charge on any atom is 0.124 e. The molecule has 72 valence electrons. The van der Waals surface area contributed by atoms with Crippen LogP contribution in [0.4, 0.5) is 4.39 Å². The van der Waals surface area contributed by atoms with Gasteiger partial charge in [0.1, 0.15) is 12.4 Å². The van der Waals surface area contributed by atoms with Crippen molar-refractivity contribution in [3.05, 3.63) is 28.2 Å². The second kappa shape index (κ2) is 4.58. The van der Waals surface area contributed by atoms with Crippen LogP contribution in [0.5, 0.6) is 5.75 Å². The molecule has 0 heterocycles. The molecule has 0 aliphatic rings. The molecule has 0 aliphatic carbocycles. The first-order valence-electron chi connectivity index (χ1n) is 3.84. The topological polar surface area (TPSA) is 35.2 Å². The van der Waals surface area contributed by atoms with Crippen LogP contribution in [0.25, 0.3) is 0 Å². The third-order valence-corrected chi connectivity index (χ3v) is 2.25. The zero-order chi connectivity index (χ0) is 9.84. The van der Waals surface area contributed by atoms with Crippen molar-refractivity contribution in [2.24, 2.45) is 5.73 Å². The Hall–Kier alpha value is -0.610. The van der Waals surface area contributed by atoms with E-state index >= 15 is 0 Å². The van der Waals surface area contributed by atoms with Crippen molar-refractivity contribution in [2.75, 3.05) is 13.8 Å². The molecule has 1 atom stereocenters. The molecule has 0 unspecified atom stereocenters. The Labute approximate surface area is 85.0 Å². The summed E-state index contributed by atoms with van der Waals surface area (Å²) < 4.78 is 18.3. The van der Waals surface area contributed by atoms with Gasteiger partial charge in [0.05, 0.1) is 13.2 Å². The molecule has 0 saturated carbocycles. The first-order valence-corrected chi connectivity index (χ1v) is 4.63. The van der Waals surface area contributed by atoms with Gasteiger partial charge in [0, 0.05) is 10.0 Å². The number of benzene rings is 1. The summed E-state index contributed by atoms with van der Waals surface area (Å²) in [4.78, 5) is 0. The number of hydrogen-bond donors (Lipinski definition) is 1. The van der Waals surface area contributed by atoms with E-state index in [1.165, 1.54) is 7.11 Å². The van der Waals surface area contributed by atoms with Crippen molar-refractivity contribution in [1.82, 2.24) is 0 Å². The number of alkyl halides is 1. The van der Waals surface area contributed by atoms with Crippen molar-refractivity contribution in [3.63, 3.8) is 0 Å². The minimum absolute atomic E-state index is 0.585. The van der Waals surface area contributed by atoms with Gasteiger partial charge in [-0.05, 0) is 12.1 Å². The van der Waals surface area contributed by atoms with Gasteiger partial charge in [0.15, 0.2) is 0 Å². The lowest BCUT2D eigenvalue weighted by Gasteiger charge is -2.12. The van der Waals surface area contributed by atoms with E-state index in [1.807, 2.05) is 6.07 Å². The highest BCUT2D eigenvalue weighted by molar-refractivity contribution is 9.10. The van der Waals surface area contributed by atoms with Crippen LogP contribution in [0, 0.1) is 0 Å². The van der Waals surface area contributed by atoms with Gasteiger partial charge < -0.3 is 10.5 Å². The number of hydrogen-bond acceptors (Lipinski definition) is 2. The normalized spacial score (nSPS) is 12.6. The highest BCUT2D eigenvalue weighted by Crippen LogP contribution is 2.27. The lowest BCUT2D eigenvalue weighted by molar-refractivity contribution is 0.389. The summed E-state index contributed by atoms with van der Waals surface area (Å²) in [5.41, 5.74) is 6.24. The number of rotatable bonds is 3. The first kappa shape index (κ1) is 10.5. The van der Waals surface area contributed by atoms with E-state index in [2.05, 4.69) is 15.9 Å².